The van der Waals surface area contributed by atoms with Crippen LogP contribution in [0.2, 0.25) is 0 Å². The number of pyridine rings is 1. The molecule has 202 valence electrons. The summed E-state index contributed by atoms with van der Waals surface area (Å²) in [4.78, 5) is 37.3. The van der Waals surface area contributed by atoms with Crippen LogP contribution in [0.5, 0.6) is 0 Å². The van der Waals surface area contributed by atoms with Crippen molar-refractivity contribution < 1.29 is 14.0 Å². The Bertz CT molecular complexity index is 1270. The molecular formula is C30H38FN5O2. The van der Waals surface area contributed by atoms with Crippen LogP contribution in [0, 0.1) is 5.82 Å². The number of hydrogen-bond donors (Lipinski definition) is 1. The van der Waals surface area contributed by atoms with Gasteiger partial charge < -0.3 is 15.1 Å². The first-order valence-electron chi connectivity index (χ1n) is 13.5. The van der Waals surface area contributed by atoms with E-state index in [4.69, 9.17) is 0 Å². The number of nitrogens with zero attached hydrogens (tertiary/aromatic N) is 4. The molecule has 0 saturated carbocycles. The van der Waals surface area contributed by atoms with E-state index >= 15 is 0 Å². The molecule has 0 aliphatic carbocycles. The van der Waals surface area contributed by atoms with Crippen LogP contribution in [0.15, 0.2) is 47.7 Å². The molecule has 1 fully saturated rings. The Kier molecular flexibility index (Phi) is 7.13. The molecule has 1 saturated heterocycles. The van der Waals surface area contributed by atoms with Crippen LogP contribution in [-0.2, 0) is 21.4 Å². The van der Waals surface area contributed by atoms with Crippen molar-refractivity contribution in [1.82, 2.24) is 20.1 Å². The second kappa shape index (κ2) is 10.2. The Morgan fingerprint density at radius 2 is 1.95 bits per heavy atom. The molecule has 0 radical (unpaired) electrons. The summed E-state index contributed by atoms with van der Waals surface area (Å²) in [7, 11) is 0. The normalized spacial score (nSPS) is 23.4. The van der Waals surface area contributed by atoms with Gasteiger partial charge in [0.2, 0.25) is 11.8 Å². The Balaban J connectivity index is 1.33. The third-order valence-electron chi connectivity index (χ3n) is 8.28. The van der Waals surface area contributed by atoms with E-state index in [-0.39, 0.29) is 35.1 Å². The van der Waals surface area contributed by atoms with E-state index in [0.29, 0.717) is 32.6 Å². The van der Waals surface area contributed by atoms with Gasteiger partial charge in [0.25, 0.3) is 0 Å². The van der Waals surface area contributed by atoms with Crippen LogP contribution >= 0.6 is 0 Å². The summed E-state index contributed by atoms with van der Waals surface area (Å²) in [6.07, 6.45) is 2.47. The molecule has 7 nitrogen and oxygen atoms in total. The van der Waals surface area contributed by atoms with Crippen molar-refractivity contribution >= 4 is 17.5 Å². The third-order valence-corrected chi connectivity index (χ3v) is 8.28. The molecule has 2 atom stereocenters. The van der Waals surface area contributed by atoms with Crippen molar-refractivity contribution in [1.29, 1.82) is 0 Å². The van der Waals surface area contributed by atoms with Gasteiger partial charge in [-0.3, -0.25) is 19.5 Å². The smallest absolute Gasteiger partial charge is 0.249 e. The van der Waals surface area contributed by atoms with Crippen molar-refractivity contribution in [3.63, 3.8) is 0 Å². The molecule has 0 bridgehead atoms. The van der Waals surface area contributed by atoms with Crippen molar-refractivity contribution in [3.05, 3.63) is 70.3 Å². The molecule has 2 amide bonds. The van der Waals surface area contributed by atoms with Gasteiger partial charge in [0.15, 0.2) is 0 Å². The van der Waals surface area contributed by atoms with Gasteiger partial charge in [0.1, 0.15) is 5.82 Å². The molecule has 3 aliphatic heterocycles. The van der Waals surface area contributed by atoms with Crippen LogP contribution in [0.4, 0.5) is 10.1 Å². The average molecular weight is 520 g/mol. The first kappa shape index (κ1) is 26.5. The molecule has 8 heteroatoms. The number of benzene rings is 1. The number of fused-ring (bicyclic) bond motifs is 1. The van der Waals surface area contributed by atoms with Crippen molar-refractivity contribution in [3.8, 4) is 0 Å². The van der Waals surface area contributed by atoms with E-state index in [1.54, 1.807) is 12.1 Å². The van der Waals surface area contributed by atoms with Crippen LogP contribution in [0.25, 0.3) is 0 Å². The number of nitrogens with one attached hydrogen (secondary N) is 1. The second-order valence-electron chi connectivity index (χ2n) is 11.8. The van der Waals surface area contributed by atoms with Gasteiger partial charge in [-0.05, 0) is 50.1 Å². The Labute approximate surface area is 224 Å². The molecule has 0 spiro atoms. The lowest BCUT2D eigenvalue weighted by Crippen LogP contribution is -2.61. The SMILES string of the molecule is CC1=C(C)C(=O)N(C[C@H]2CN[C@H](C)CN2CC(=O)N2CC(C)(C)c3cnc(Cc4ccc(F)cc4)cc32)C1. The Morgan fingerprint density at radius 3 is 2.63 bits per heavy atom. The standard InChI is InChI=1S/C30H38FN5O2/c1-19-14-35(29(38)21(19)3)16-25-12-32-20(2)15-34(25)17-28(37)36-18-30(4,5)26-13-33-24(11-27(26)36)10-22-6-8-23(31)9-7-22/h6-9,11,13,20,25,32H,10,12,14-18H2,1-5H3/t20-,25-/m1/s1. The largest absolute Gasteiger partial charge is 0.333 e. The number of carbonyl (C=O) groups excluding carboxylic acids is 2. The summed E-state index contributed by atoms with van der Waals surface area (Å²) < 4.78 is 13.4. The first-order valence-corrected chi connectivity index (χ1v) is 13.5. The van der Waals surface area contributed by atoms with Crippen LogP contribution in [0.3, 0.4) is 0 Å². The average Bonchev–Trinajstić information content (AvgIpc) is 3.28. The molecule has 1 aromatic carbocycles. The molecule has 38 heavy (non-hydrogen) atoms. The second-order valence-corrected chi connectivity index (χ2v) is 11.8. The number of aromatic nitrogens is 1. The number of carbonyl (C=O) groups is 2. The van der Waals surface area contributed by atoms with E-state index in [1.807, 2.05) is 35.9 Å². The summed E-state index contributed by atoms with van der Waals surface area (Å²) in [5.41, 5.74) is 5.57. The fraction of sp³-hybridized carbons (Fsp3) is 0.500. The summed E-state index contributed by atoms with van der Waals surface area (Å²) in [5, 5.41) is 3.53. The zero-order valence-corrected chi connectivity index (χ0v) is 23.1. The Morgan fingerprint density at radius 1 is 1.21 bits per heavy atom. The predicted octanol–water partition coefficient (Wildman–Crippen LogP) is 3.28. The summed E-state index contributed by atoms with van der Waals surface area (Å²) >= 11 is 0. The predicted molar refractivity (Wildman–Crippen MR) is 147 cm³/mol. The zero-order chi connectivity index (χ0) is 27.2. The van der Waals surface area contributed by atoms with E-state index < -0.39 is 0 Å². The van der Waals surface area contributed by atoms with E-state index in [0.717, 1.165) is 46.7 Å². The van der Waals surface area contributed by atoms with Gasteiger partial charge in [0, 0.05) is 79.7 Å². The van der Waals surface area contributed by atoms with Gasteiger partial charge >= 0.3 is 0 Å². The van der Waals surface area contributed by atoms with Gasteiger partial charge in [-0.1, -0.05) is 26.0 Å². The minimum atomic E-state index is -0.259. The minimum absolute atomic E-state index is 0.0630. The first-order chi connectivity index (χ1) is 18.0. The lowest BCUT2D eigenvalue weighted by Gasteiger charge is -2.41. The molecule has 4 heterocycles. The van der Waals surface area contributed by atoms with E-state index in [9.17, 15) is 14.0 Å². The Hall–Kier alpha value is -3.10. The lowest BCUT2D eigenvalue weighted by molar-refractivity contribution is -0.126. The molecular weight excluding hydrogens is 481 g/mol. The molecule has 5 rings (SSSR count). The molecule has 1 aromatic heterocycles. The van der Waals surface area contributed by atoms with Gasteiger partial charge in [0.05, 0.1) is 12.2 Å². The highest BCUT2D eigenvalue weighted by atomic mass is 19.1. The molecule has 1 N–H and O–H groups in total. The monoisotopic (exact) mass is 519 g/mol. The maximum atomic E-state index is 13.8. The fourth-order valence-corrected chi connectivity index (χ4v) is 5.89. The summed E-state index contributed by atoms with van der Waals surface area (Å²) in [6.45, 7) is 14.0. The van der Waals surface area contributed by atoms with Gasteiger partial charge in [-0.2, -0.15) is 0 Å². The van der Waals surface area contributed by atoms with Gasteiger partial charge in [-0.15, -0.1) is 0 Å². The van der Waals surface area contributed by atoms with E-state index in [1.165, 1.54) is 12.1 Å². The zero-order valence-electron chi connectivity index (χ0n) is 23.1. The summed E-state index contributed by atoms with van der Waals surface area (Å²) in [6, 6.07) is 8.81. The maximum Gasteiger partial charge on any atom is 0.249 e. The van der Waals surface area contributed by atoms with Crippen LogP contribution < -0.4 is 10.2 Å². The molecule has 3 aliphatic rings. The van der Waals surface area contributed by atoms with Crippen molar-refractivity contribution in [2.24, 2.45) is 0 Å². The van der Waals surface area contributed by atoms with Crippen LogP contribution in [0.1, 0.15) is 51.4 Å². The van der Waals surface area contributed by atoms with Crippen LogP contribution in [-0.4, -0.2) is 78.0 Å². The third kappa shape index (κ3) is 5.24. The van der Waals surface area contributed by atoms with E-state index in [2.05, 4.69) is 36.0 Å². The highest BCUT2D eigenvalue weighted by molar-refractivity contribution is 5.98. The fourth-order valence-electron chi connectivity index (χ4n) is 5.89. The number of hydrogen-bond acceptors (Lipinski definition) is 5. The maximum absolute atomic E-state index is 13.8. The highest BCUT2D eigenvalue weighted by Gasteiger charge is 2.40. The topological polar surface area (TPSA) is 68.8 Å². The quantitative estimate of drug-likeness (QED) is 0.635. The lowest BCUT2D eigenvalue weighted by atomic mass is 9.88. The van der Waals surface area contributed by atoms with Crippen molar-refractivity contribution in [2.45, 2.75) is 58.5 Å². The minimum Gasteiger partial charge on any atom is -0.333 e. The van der Waals surface area contributed by atoms with Crippen molar-refractivity contribution in [2.75, 3.05) is 44.2 Å². The summed E-state index contributed by atoms with van der Waals surface area (Å²) in [5.74, 6) is -0.0951. The number of anilines is 1. The number of halogens is 1. The molecule has 0 unspecified atom stereocenters. The molecule has 2 aromatic rings. The number of rotatable bonds is 6. The van der Waals surface area contributed by atoms with Gasteiger partial charge in [-0.25, -0.2) is 4.39 Å². The highest BCUT2D eigenvalue weighted by Crippen LogP contribution is 2.40. The number of piperazine rings is 1. The number of amides is 2.